The number of hydrogen-bond acceptors (Lipinski definition) is 8. The van der Waals surface area contributed by atoms with Crippen molar-refractivity contribution >= 4 is 56.7 Å². The van der Waals surface area contributed by atoms with Crippen molar-refractivity contribution in [2.45, 2.75) is 41.6 Å². The number of nitrogens with one attached hydrogen (secondary N) is 1. The Morgan fingerprint density at radius 1 is 1.18 bits per heavy atom. The van der Waals surface area contributed by atoms with E-state index in [-0.39, 0.29) is 32.8 Å². The highest BCUT2D eigenvalue weighted by molar-refractivity contribution is 8.00. The second-order valence-corrected chi connectivity index (χ2v) is 11.7. The monoisotopic (exact) mass is 541 g/mol. The SMILES string of the molecule is CC(Sc1nnc(-c2cccc(S(=O)(=O)N3CCCCC3)c2)o1)C(=O)Nc1ncc(Cl)cc1Cl. The summed E-state index contributed by atoms with van der Waals surface area (Å²) in [5, 5.41) is 10.8. The molecule has 0 spiro atoms. The zero-order chi connectivity index (χ0) is 24.3. The minimum atomic E-state index is -3.59. The van der Waals surface area contributed by atoms with Gasteiger partial charge in [0.15, 0.2) is 5.82 Å². The van der Waals surface area contributed by atoms with Gasteiger partial charge in [0.25, 0.3) is 5.22 Å². The van der Waals surface area contributed by atoms with Crippen molar-refractivity contribution in [2.24, 2.45) is 0 Å². The van der Waals surface area contributed by atoms with E-state index in [1.165, 1.54) is 22.6 Å². The van der Waals surface area contributed by atoms with Crippen LogP contribution in [0.2, 0.25) is 10.0 Å². The molecular weight excluding hydrogens is 521 g/mol. The predicted molar refractivity (Wildman–Crippen MR) is 131 cm³/mol. The van der Waals surface area contributed by atoms with Crippen molar-refractivity contribution in [1.29, 1.82) is 0 Å². The van der Waals surface area contributed by atoms with Crippen molar-refractivity contribution < 1.29 is 17.6 Å². The van der Waals surface area contributed by atoms with Crippen LogP contribution in [0.25, 0.3) is 11.5 Å². The summed E-state index contributed by atoms with van der Waals surface area (Å²) in [6.07, 6.45) is 4.13. The maximum absolute atomic E-state index is 13.0. The van der Waals surface area contributed by atoms with Crippen LogP contribution in [0, 0.1) is 0 Å². The van der Waals surface area contributed by atoms with Crippen molar-refractivity contribution in [3.05, 3.63) is 46.6 Å². The molecule has 1 atom stereocenters. The van der Waals surface area contributed by atoms with E-state index in [0.717, 1.165) is 31.0 Å². The number of anilines is 1. The van der Waals surface area contributed by atoms with Crippen LogP contribution in [0.3, 0.4) is 0 Å². The number of nitrogens with zero attached hydrogens (tertiary/aromatic N) is 4. The van der Waals surface area contributed by atoms with Crippen molar-refractivity contribution in [2.75, 3.05) is 18.4 Å². The molecule has 1 fully saturated rings. The highest BCUT2D eigenvalue weighted by atomic mass is 35.5. The molecule has 1 unspecified atom stereocenters. The van der Waals surface area contributed by atoms with Crippen molar-refractivity contribution in [1.82, 2.24) is 19.5 Å². The Labute approximate surface area is 211 Å². The van der Waals surface area contributed by atoms with Crippen LogP contribution in [0.1, 0.15) is 26.2 Å². The van der Waals surface area contributed by atoms with E-state index >= 15 is 0 Å². The summed E-state index contributed by atoms with van der Waals surface area (Å²) in [4.78, 5) is 16.7. The second kappa shape index (κ2) is 10.6. The molecule has 0 radical (unpaired) electrons. The van der Waals surface area contributed by atoms with Gasteiger partial charge in [-0.2, -0.15) is 4.31 Å². The first-order chi connectivity index (χ1) is 16.2. The van der Waals surface area contributed by atoms with E-state index < -0.39 is 15.3 Å². The first-order valence-corrected chi connectivity index (χ1v) is 13.5. The molecule has 1 aliphatic rings. The van der Waals surface area contributed by atoms with Crippen LogP contribution in [-0.2, 0) is 14.8 Å². The van der Waals surface area contributed by atoms with Gasteiger partial charge in [-0.15, -0.1) is 10.2 Å². The molecule has 1 aliphatic heterocycles. The molecule has 0 aliphatic carbocycles. The van der Waals surface area contributed by atoms with Crippen LogP contribution in [0.5, 0.6) is 0 Å². The maximum atomic E-state index is 13.0. The minimum Gasteiger partial charge on any atom is -0.411 e. The molecule has 4 rings (SSSR count). The molecule has 3 heterocycles. The Morgan fingerprint density at radius 2 is 1.94 bits per heavy atom. The zero-order valence-electron chi connectivity index (χ0n) is 18.1. The lowest BCUT2D eigenvalue weighted by atomic mass is 10.2. The summed E-state index contributed by atoms with van der Waals surface area (Å²) in [5.74, 6) is -0.00854. The number of halogens is 2. The Hall–Kier alpha value is -2.18. The van der Waals surface area contributed by atoms with E-state index in [4.69, 9.17) is 27.6 Å². The molecule has 9 nitrogen and oxygen atoms in total. The molecule has 1 N–H and O–H groups in total. The number of amides is 1. The Bertz CT molecular complexity index is 1300. The number of pyridine rings is 1. The van der Waals surface area contributed by atoms with Gasteiger partial charge in [0.2, 0.25) is 21.8 Å². The van der Waals surface area contributed by atoms with Crippen LogP contribution >= 0.6 is 35.0 Å². The Morgan fingerprint density at radius 3 is 2.68 bits per heavy atom. The second-order valence-electron chi connectivity index (χ2n) is 7.60. The maximum Gasteiger partial charge on any atom is 0.277 e. The number of thioether (sulfide) groups is 1. The average Bonchev–Trinajstić information content (AvgIpc) is 3.30. The molecule has 3 aromatic rings. The summed E-state index contributed by atoms with van der Waals surface area (Å²) in [5.41, 5.74) is 0.478. The van der Waals surface area contributed by atoms with Gasteiger partial charge in [-0.25, -0.2) is 13.4 Å². The molecule has 1 amide bonds. The fourth-order valence-corrected chi connectivity index (χ4v) is 6.02. The topological polar surface area (TPSA) is 118 Å². The lowest BCUT2D eigenvalue weighted by molar-refractivity contribution is -0.115. The van der Waals surface area contributed by atoms with Crippen molar-refractivity contribution in [3.63, 3.8) is 0 Å². The highest BCUT2D eigenvalue weighted by Gasteiger charge is 2.27. The zero-order valence-corrected chi connectivity index (χ0v) is 21.2. The number of hydrogen-bond donors (Lipinski definition) is 1. The van der Waals surface area contributed by atoms with Gasteiger partial charge in [0, 0.05) is 24.8 Å². The van der Waals surface area contributed by atoms with Gasteiger partial charge >= 0.3 is 0 Å². The molecule has 0 saturated carbocycles. The quantitative estimate of drug-likeness (QED) is 0.426. The smallest absolute Gasteiger partial charge is 0.277 e. The van der Waals surface area contributed by atoms with Crippen LogP contribution < -0.4 is 5.32 Å². The number of carbonyl (C=O) groups excluding carboxylic acids is 1. The number of benzene rings is 1. The summed E-state index contributed by atoms with van der Waals surface area (Å²) < 4.78 is 33.1. The van der Waals surface area contributed by atoms with E-state index in [9.17, 15) is 13.2 Å². The van der Waals surface area contributed by atoms with Gasteiger partial charge in [-0.05, 0) is 44.0 Å². The number of piperidine rings is 1. The third kappa shape index (κ3) is 5.72. The third-order valence-corrected chi connectivity index (χ3v) is 8.46. The summed E-state index contributed by atoms with van der Waals surface area (Å²) in [6.45, 7) is 2.70. The lowest BCUT2D eigenvalue weighted by Gasteiger charge is -2.25. The summed E-state index contributed by atoms with van der Waals surface area (Å²) >= 11 is 12.9. The van der Waals surface area contributed by atoms with Crippen molar-refractivity contribution in [3.8, 4) is 11.5 Å². The molecule has 0 bridgehead atoms. The first-order valence-electron chi connectivity index (χ1n) is 10.5. The minimum absolute atomic E-state index is 0.160. The molecule has 1 saturated heterocycles. The van der Waals surface area contributed by atoms with Gasteiger partial charge < -0.3 is 9.73 Å². The van der Waals surface area contributed by atoms with E-state index in [2.05, 4.69) is 20.5 Å². The fourth-order valence-electron chi connectivity index (χ4n) is 3.35. The van der Waals surface area contributed by atoms with E-state index in [1.807, 2.05) is 0 Å². The number of sulfonamides is 1. The number of aromatic nitrogens is 3. The standard InChI is InChI=1S/C21H21Cl2N5O4S2/c1-13(19(29)25-18-17(23)11-15(22)12-24-18)33-21-27-26-20(32-21)14-6-5-7-16(10-14)34(30,31)28-8-3-2-4-9-28/h5-7,10-13H,2-4,8-9H2,1H3,(H,24,25,29). The molecule has 1 aromatic carbocycles. The summed E-state index contributed by atoms with van der Waals surface area (Å²) in [6, 6.07) is 7.90. The average molecular weight is 542 g/mol. The number of carbonyl (C=O) groups is 1. The largest absolute Gasteiger partial charge is 0.411 e. The molecule has 34 heavy (non-hydrogen) atoms. The lowest BCUT2D eigenvalue weighted by Crippen LogP contribution is -2.35. The summed E-state index contributed by atoms with van der Waals surface area (Å²) in [7, 11) is -3.59. The van der Waals surface area contributed by atoms with Gasteiger partial charge in [0.1, 0.15) is 0 Å². The Kier molecular flexibility index (Phi) is 7.78. The predicted octanol–water partition coefficient (Wildman–Crippen LogP) is 4.73. The van der Waals surface area contributed by atoms with Gasteiger partial charge in [-0.1, -0.05) is 47.5 Å². The fraction of sp³-hybridized carbons (Fsp3) is 0.333. The normalized spacial score (nSPS) is 15.7. The van der Waals surface area contributed by atoms with E-state index in [1.54, 1.807) is 25.1 Å². The molecular formula is C21H21Cl2N5O4S2. The highest BCUT2D eigenvalue weighted by Crippen LogP contribution is 2.30. The van der Waals surface area contributed by atoms with E-state index in [0.29, 0.717) is 23.7 Å². The Balaban J connectivity index is 1.45. The van der Waals surface area contributed by atoms with Crippen LogP contribution in [0.4, 0.5) is 5.82 Å². The molecule has 2 aromatic heterocycles. The number of rotatable bonds is 7. The molecule has 180 valence electrons. The first kappa shape index (κ1) is 24.9. The molecule has 13 heteroatoms. The van der Waals surface area contributed by atoms with Gasteiger partial charge in [-0.3, -0.25) is 4.79 Å². The third-order valence-electron chi connectivity index (χ3n) is 5.14. The van der Waals surface area contributed by atoms with Crippen LogP contribution in [-0.4, -0.2) is 52.2 Å². The van der Waals surface area contributed by atoms with Gasteiger partial charge in [0.05, 0.1) is 20.2 Å². The van der Waals surface area contributed by atoms with Crippen LogP contribution in [0.15, 0.2) is 51.1 Å².